The van der Waals surface area contributed by atoms with Crippen molar-refractivity contribution in [3.8, 4) is 31.5 Å². The number of rotatable bonds is 31. The first kappa shape index (κ1) is 54.3. The number of furan rings is 1. The molecule has 1 aromatic carbocycles. The normalized spacial score (nSPS) is 12.1. The number of aryl methyl sites for hydroxylation is 4. The number of aromatic nitrogens is 4. The fraction of sp³-hybridized carbons (Fsp3) is 0.548. The van der Waals surface area contributed by atoms with Gasteiger partial charge in [-0.05, 0) is 75.6 Å². The van der Waals surface area contributed by atoms with Crippen molar-refractivity contribution in [2.24, 2.45) is 0 Å². The molecule has 8 aromatic rings. The molecule has 390 valence electrons. The van der Waals surface area contributed by atoms with Crippen LogP contribution >= 0.6 is 22.7 Å². The van der Waals surface area contributed by atoms with Crippen LogP contribution in [0.2, 0.25) is 0 Å². The van der Waals surface area contributed by atoms with E-state index in [1.807, 2.05) is 31.5 Å². The lowest BCUT2D eigenvalue weighted by molar-refractivity contribution is 0.547. The zero-order valence-corrected chi connectivity index (χ0v) is 46.5. The third kappa shape index (κ3) is 12.1. The van der Waals surface area contributed by atoms with Crippen LogP contribution in [0.3, 0.4) is 0 Å². The van der Waals surface area contributed by atoms with E-state index >= 15 is 19.2 Å². The van der Waals surface area contributed by atoms with Crippen molar-refractivity contribution in [3.63, 3.8) is 0 Å². The van der Waals surface area contributed by atoms with Crippen LogP contribution in [0.4, 0.5) is 0 Å². The molecule has 9 nitrogen and oxygen atoms in total. The number of thiophene rings is 2. The summed E-state index contributed by atoms with van der Waals surface area (Å²) in [6, 6.07) is 8.24. The van der Waals surface area contributed by atoms with E-state index in [4.69, 9.17) is 9.40 Å². The van der Waals surface area contributed by atoms with Gasteiger partial charge in [-0.3, -0.25) is 38.3 Å². The number of benzene rings is 1. The highest BCUT2D eigenvalue weighted by molar-refractivity contribution is 7.19. The Morgan fingerprint density at radius 1 is 0.452 bits per heavy atom. The Morgan fingerprint density at radius 2 is 0.849 bits per heavy atom. The fourth-order valence-electron chi connectivity index (χ4n) is 11.2. The smallest absolute Gasteiger partial charge is 0.262 e. The molecule has 0 fully saturated rings. The van der Waals surface area contributed by atoms with Gasteiger partial charge in [0.05, 0.1) is 32.1 Å². The molecule has 8 rings (SSSR count). The molecular weight excluding hydrogens is 945 g/mol. The minimum Gasteiger partial charge on any atom is -0.456 e. The first-order valence-electron chi connectivity index (χ1n) is 28.5. The molecular formula is C62H80N4O5S2. The molecule has 0 amide bonds. The number of unbranched alkanes of at least 4 members (excludes halogenated alkanes) is 20. The van der Waals surface area contributed by atoms with Gasteiger partial charge in [0.2, 0.25) is 0 Å². The van der Waals surface area contributed by atoms with Gasteiger partial charge in [-0.25, -0.2) is 0 Å². The predicted molar refractivity (Wildman–Crippen MR) is 310 cm³/mol. The van der Waals surface area contributed by atoms with Gasteiger partial charge in [0.25, 0.3) is 22.2 Å². The average Bonchev–Trinajstić information content (AvgIpc) is 4.18. The summed E-state index contributed by atoms with van der Waals surface area (Å²) in [6.45, 7) is 13.5. The van der Waals surface area contributed by atoms with Crippen LogP contribution in [0.5, 0.6) is 0 Å². The van der Waals surface area contributed by atoms with Gasteiger partial charge >= 0.3 is 0 Å². The van der Waals surface area contributed by atoms with Crippen molar-refractivity contribution in [1.82, 2.24) is 19.1 Å². The molecule has 7 heterocycles. The number of hydrogen-bond donors (Lipinski definition) is 0. The third-order valence-electron chi connectivity index (χ3n) is 15.3. The van der Waals surface area contributed by atoms with E-state index in [1.165, 1.54) is 71.0 Å². The molecule has 73 heavy (non-hydrogen) atoms. The van der Waals surface area contributed by atoms with E-state index in [1.54, 1.807) is 11.3 Å². The van der Waals surface area contributed by atoms with Gasteiger partial charge < -0.3 is 4.42 Å². The monoisotopic (exact) mass is 1020 g/mol. The van der Waals surface area contributed by atoms with Crippen LogP contribution in [0, 0.1) is 13.8 Å². The maximum absolute atomic E-state index is 15.4. The fourth-order valence-corrected chi connectivity index (χ4v) is 13.5. The third-order valence-corrected chi connectivity index (χ3v) is 17.7. The molecule has 11 heteroatoms. The Bertz CT molecular complexity index is 3240. The van der Waals surface area contributed by atoms with Gasteiger partial charge in [0, 0.05) is 79.8 Å². The van der Waals surface area contributed by atoms with Crippen molar-refractivity contribution in [3.05, 3.63) is 99.8 Å². The standard InChI is InChI=1S/C62H80N4O5S2/c1-7-11-15-19-23-27-31-43-36-50(72-42(43)6)52-54-56(61(69)65(59(54)67)33-29-25-21-17-13-9-3)53(57-55(52)60(68)66(62(57)70)34-30-26-22-18-14-10-4)51-37-44(32-28-24-20-16-12-8-2)58(73-51)47-38-49-46(40-64-47)45-39-63-41(5)35-48(45)71-49/h35-40H,7-34H2,1-6H3. The van der Waals surface area contributed by atoms with Crippen LogP contribution in [0.15, 0.2) is 60.3 Å². The zero-order chi connectivity index (χ0) is 51.4. The van der Waals surface area contributed by atoms with Crippen LogP contribution in [0.1, 0.15) is 203 Å². The minimum atomic E-state index is -0.374. The van der Waals surface area contributed by atoms with Crippen molar-refractivity contribution in [1.29, 1.82) is 0 Å². The molecule has 0 aliphatic rings. The molecule has 0 spiro atoms. The van der Waals surface area contributed by atoms with Gasteiger partial charge in [-0.2, -0.15) is 0 Å². The van der Waals surface area contributed by atoms with Crippen LogP contribution < -0.4 is 22.2 Å². The Kier molecular flexibility index (Phi) is 19.3. The first-order valence-corrected chi connectivity index (χ1v) is 30.1. The number of nitrogens with zero attached hydrogens (tertiary/aromatic N) is 4. The van der Waals surface area contributed by atoms with Crippen molar-refractivity contribution in [2.45, 2.75) is 222 Å². The van der Waals surface area contributed by atoms with Crippen molar-refractivity contribution < 1.29 is 4.42 Å². The molecule has 0 radical (unpaired) electrons. The Balaban J connectivity index is 1.35. The van der Waals surface area contributed by atoms with E-state index in [0.29, 0.717) is 34.4 Å². The quantitative estimate of drug-likeness (QED) is 0.0397. The molecule has 0 aliphatic carbocycles. The van der Waals surface area contributed by atoms with Gasteiger partial charge in [0.1, 0.15) is 11.2 Å². The summed E-state index contributed by atoms with van der Waals surface area (Å²) in [5.41, 5.74) is 4.75. The molecule has 0 aliphatic heterocycles. The molecule has 0 saturated heterocycles. The maximum Gasteiger partial charge on any atom is 0.262 e. The molecule has 0 bridgehead atoms. The maximum atomic E-state index is 15.4. The lowest BCUT2D eigenvalue weighted by Crippen LogP contribution is -2.26. The van der Waals surface area contributed by atoms with E-state index < -0.39 is 0 Å². The highest BCUT2D eigenvalue weighted by atomic mass is 32.1. The second-order valence-electron chi connectivity index (χ2n) is 21.0. The van der Waals surface area contributed by atoms with Gasteiger partial charge in [-0.15, -0.1) is 22.7 Å². The lowest BCUT2D eigenvalue weighted by atomic mass is 9.93. The van der Waals surface area contributed by atoms with Crippen LogP contribution in [-0.2, 0) is 25.9 Å². The molecule has 0 saturated carbocycles. The number of fused-ring (bicyclic) bond motifs is 5. The second kappa shape index (κ2) is 26.0. The SMILES string of the molecule is CCCCCCCCc1cc(-c2c3c(=O)n(CCCCCCCC)c(=O)c3c(-c3cc(CCCCCCCC)c(-c4cc5oc6cc(C)ncc6c5cn4)s3)c3c(=O)n(CCCCCCCC)c(=O)c23)sc1C. The number of pyridine rings is 2. The van der Waals surface area contributed by atoms with Crippen molar-refractivity contribution >= 4 is 66.2 Å². The van der Waals surface area contributed by atoms with Gasteiger partial charge in [0.15, 0.2) is 0 Å². The topological polar surface area (TPSA) is 117 Å². The molecule has 0 N–H and O–H groups in total. The van der Waals surface area contributed by atoms with E-state index in [-0.39, 0.29) is 56.9 Å². The predicted octanol–water partition coefficient (Wildman–Crippen LogP) is 16.9. The Morgan fingerprint density at radius 3 is 1.34 bits per heavy atom. The second-order valence-corrected chi connectivity index (χ2v) is 23.3. The largest absolute Gasteiger partial charge is 0.456 e. The minimum absolute atomic E-state index is 0.262. The molecule has 0 unspecified atom stereocenters. The van der Waals surface area contributed by atoms with Crippen LogP contribution in [-0.4, -0.2) is 19.1 Å². The van der Waals surface area contributed by atoms with E-state index in [2.05, 4.69) is 51.7 Å². The highest BCUT2D eigenvalue weighted by Gasteiger charge is 2.32. The Labute approximate surface area is 440 Å². The highest BCUT2D eigenvalue weighted by Crippen LogP contribution is 2.47. The van der Waals surface area contributed by atoms with E-state index in [9.17, 15) is 0 Å². The summed E-state index contributed by atoms with van der Waals surface area (Å²) in [5, 5.41) is 2.87. The summed E-state index contributed by atoms with van der Waals surface area (Å²) >= 11 is 3.08. The average molecular weight is 1030 g/mol. The van der Waals surface area contributed by atoms with Crippen LogP contribution in [0.25, 0.3) is 74.9 Å². The lowest BCUT2D eigenvalue weighted by Gasteiger charge is -2.07. The summed E-state index contributed by atoms with van der Waals surface area (Å²) in [4.78, 5) is 74.7. The Hall–Kier alpha value is -5.00. The first-order chi connectivity index (χ1) is 35.6. The summed E-state index contributed by atoms with van der Waals surface area (Å²) in [5.74, 6) is 0. The van der Waals surface area contributed by atoms with E-state index in [0.717, 1.165) is 157 Å². The van der Waals surface area contributed by atoms with Gasteiger partial charge in [-0.1, -0.05) is 156 Å². The summed E-state index contributed by atoms with van der Waals surface area (Å²) in [7, 11) is 0. The summed E-state index contributed by atoms with van der Waals surface area (Å²) in [6.07, 6.45) is 31.4. The zero-order valence-electron chi connectivity index (χ0n) is 44.9. The summed E-state index contributed by atoms with van der Waals surface area (Å²) < 4.78 is 9.28. The molecule has 7 aromatic heterocycles. The van der Waals surface area contributed by atoms with Crippen molar-refractivity contribution in [2.75, 3.05) is 0 Å². The molecule has 0 atom stereocenters. The number of hydrogen-bond acceptors (Lipinski definition) is 9.